The number of para-hydroxylation sites is 3. The van der Waals surface area contributed by atoms with E-state index in [1.165, 1.54) is 21.7 Å². The van der Waals surface area contributed by atoms with Crippen LogP contribution < -0.4 is 4.90 Å². The van der Waals surface area contributed by atoms with E-state index in [2.05, 4.69) is 167 Å². The Balaban J connectivity index is 1.38. The summed E-state index contributed by atoms with van der Waals surface area (Å²) in [6.45, 7) is 0. The SMILES string of the molecule is Clc1ccc2c(c1)N(c1ccccc1)c1c(ccc3c1oc1cc4ccccc4cc13)-c1c-2ccc2c3ccccc3n(-c3ccccc3)c12. The number of anilines is 3. The fourth-order valence-corrected chi connectivity index (χ4v) is 8.38. The van der Waals surface area contributed by atoms with Crippen LogP contribution in [0.3, 0.4) is 0 Å². The molecule has 8 aromatic carbocycles. The van der Waals surface area contributed by atoms with Gasteiger partial charge in [0.1, 0.15) is 5.58 Å². The van der Waals surface area contributed by atoms with Crippen LogP contribution in [0, 0.1) is 0 Å². The van der Waals surface area contributed by atoms with Crippen LogP contribution in [0.15, 0.2) is 168 Å². The maximum absolute atomic E-state index is 7.03. The van der Waals surface area contributed by atoms with Gasteiger partial charge in [0.15, 0.2) is 5.58 Å². The number of nitrogens with zero attached hydrogens (tertiary/aromatic N) is 2. The Bertz CT molecular complexity index is 2990. The van der Waals surface area contributed by atoms with Crippen LogP contribution in [0.5, 0.6) is 0 Å². The number of fused-ring (bicyclic) bond motifs is 14. The number of aromatic nitrogens is 1. The number of halogens is 1. The van der Waals surface area contributed by atoms with Crippen molar-refractivity contribution in [2.45, 2.75) is 0 Å². The van der Waals surface area contributed by atoms with Crippen molar-refractivity contribution in [3.05, 3.63) is 169 Å². The molecule has 3 nitrogen and oxygen atoms in total. The average Bonchev–Trinajstić information content (AvgIpc) is 3.66. The molecule has 3 heterocycles. The maximum atomic E-state index is 7.03. The lowest BCUT2D eigenvalue weighted by atomic mass is 9.91. The van der Waals surface area contributed by atoms with Gasteiger partial charge in [0.05, 0.1) is 22.4 Å². The van der Waals surface area contributed by atoms with Gasteiger partial charge in [0.2, 0.25) is 0 Å². The number of rotatable bonds is 2. The third-order valence-electron chi connectivity index (χ3n) is 10.3. The fraction of sp³-hybridized carbons (Fsp3) is 0. The molecule has 234 valence electrons. The van der Waals surface area contributed by atoms with E-state index in [1.807, 2.05) is 6.07 Å². The predicted molar refractivity (Wildman–Crippen MR) is 210 cm³/mol. The smallest absolute Gasteiger partial charge is 0.160 e. The Morgan fingerprint density at radius 2 is 1.14 bits per heavy atom. The summed E-state index contributed by atoms with van der Waals surface area (Å²) >= 11 is 6.88. The number of hydrogen-bond donors (Lipinski definition) is 0. The zero-order valence-electron chi connectivity index (χ0n) is 26.8. The summed E-state index contributed by atoms with van der Waals surface area (Å²) in [5.74, 6) is 0. The van der Waals surface area contributed by atoms with E-state index in [-0.39, 0.29) is 0 Å². The molecule has 1 aliphatic rings. The second-order valence-electron chi connectivity index (χ2n) is 13.0. The van der Waals surface area contributed by atoms with Crippen LogP contribution in [0.25, 0.3) is 82.5 Å². The minimum Gasteiger partial charge on any atom is -0.454 e. The van der Waals surface area contributed by atoms with Crippen molar-refractivity contribution in [2.75, 3.05) is 4.90 Å². The summed E-state index contributed by atoms with van der Waals surface area (Å²) in [6, 6.07) is 58.3. The van der Waals surface area contributed by atoms with Crippen LogP contribution in [-0.2, 0) is 0 Å². The van der Waals surface area contributed by atoms with Gasteiger partial charge in [-0.2, -0.15) is 0 Å². The van der Waals surface area contributed by atoms with Gasteiger partial charge in [-0.05, 0) is 77.0 Å². The molecule has 0 atom stereocenters. The average molecular weight is 659 g/mol. The first-order chi connectivity index (χ1) is 24.7. The van der Waals surface area contributed by atoms with E-state index in [0.717, 1.165) is 77.8 Å². The fourth-order valence-electron chi connectivity index (χ4n) is 8.22. The van der Waals surface area contributed by atoms with E-state index in [9.17, 15) is 0 Å². The summed E-state index contributed by atoms with van der Waals surface area (Å²) in [6.07, 6.45) is 0. The molecule has 0 aliphatic carbocycles. The van der Waals surface area contributed by atoms with E-state index in [0.29, 0.717) is 5.02 Å². The second-order valence-corrected chi connectivity index (χ2v) is 13.5. The molecule has 0 unspecified atom stereocenters. The van der Waals surface area contributed by atoms with Crippen molar-refractivity contribution < 1.29 is 4.42 Å². The van der Waals surface area contributed by atoms with Crippen LogP contribution >= 0.6 is 11.6 Å². The molecule has 0 radical (unpaired) electrons. The molecule has 4 heteroatoms. The Labute approximate surface area is 292 Å². The second kappa shape index (κ2) is 10.4. The lowest BCUT2D eigenvalue weighted by Gasteiger charge is -2.27. The van der Waals surface area contributed by atoms with Crippen molar-refractivity contribution in [3.63, 3.8) is 0 Å². The van der Waals surface area contributed by atoms with Crippen LogP contribution in [0.1, 0.15) is 0 Å². The van der Waals surface area contributed by atoms with E-state index in [1.54, 1.807) is 0 Å². The summed E-state index contributed by atoms with van der Waals surface area (Å²) in [5.41, 5.74) is 12.7. The first-order valence-electron chi connectivity index (χ1n) is 16.9. The molecule has 0 amide bonds. The highest BCUT2D eigenvalue weighted by molar-refractivity contribution is 6.31. The highest BCUT2D eigenvalue weighted by Crippen LogP contribution is 2.57. The predicted octanol–water partition coefficient (Wildman–Crippen LogP) is 13.6. The largest absolute Gasteiger partial charge is 0.454 e. The minimum atomic E-state index is 0.678. The number of hydrogen-bond acceptors (Lipinski definition) is 2. The van der Waals surface area contributed by atoms with Gasteiger partial charge >= 0.3 is 0 Å². The summed E-state index contributed by atoms with van der Waals surface area (Å²) in [7, 11) is 0. The van der Waals surface area contributed by atoms with E-state index in [4.69, 9.17) is 16.0 Å². The van der Waals surface area contributed by atoms with Gasteiger partial charge in [-0.3, -0.25) is 0 Å². The van der Waals surface area contributed by atoms with E-state index >= 15 is 0 Å². The molecule has 11 rings (SSSR count). The normalized spacial score (nSPS) is 12.5. The molecule has 0 saturated carbocycles. The van der Waals surface area contributed by atoms with Crippen molar-refractivity contribution >= 4 is 83.2 Å². The zero-order chi connectivity index (χ0) is 32.9. The van der Waals surface area contributed by atoms with Gasteiger partial charge in [0, 0.05) is 54.6 Å². The Morgan fingerprint density at radius 1 is 0.480 bits per heavy atom. The van der Waals surface area contributed by atoms with Gasteiger partial charge < -0.3 is 13.9 Å². The third-order valence-corrected chi connectivity index (χ3v) is 10.6. The molecule has 0 N–H and O–H groups in total. The molecule has 0 bridgehead atoms. The highest BCUT2D eigenvalue weighted by Gasteiger charge is 2.32. The minimum absolute atomic E-state index is 0.678. The molecular weight excluding hydrogens is 632 g/mol. The molecule has 0 saturated heterocycles. The molecule has 50 heavy (non-hydrogen) atoms. The molecular formula is C46H27ClN2O. The lowest BCUT2D eigenvalue weighted by molar-refractivity contribution is 0.670. The van der Waals surface area contributed by atoms with Gasteiger partial charge in [0.25, 0.3) is 0 Å². The van der Waals surface area contributed by atoms with E-state index < -0.39 is 0 Å². The quantitative estimate of drug-likeness (QED) is 0.184. The Hall–Kier alpha value is -6.29. The number of benzene rings is 8. The van der Waals surface area contributed by atoms with Crippen molar-refractivity contribution in [2.24, 2.45) is 0 Å². The molecule has 2 aromatic heterocycles. The standard InChI is InChI=1S/C46H27ClN2O/c47-30-19-20-34-35-21-22-36-33-17-9-10-18-40(33)48(31-13-3-1-4-14-31)44(36)43(35)38-24-23-37-39-25-28-11-7-8-12-29(28)26-42(39)50-46(37)45(38)49(41(34)27-30)32-15-5-2-6-16-32/h1-27H. The van der Waals surface area contributed by atoms with Crippen molar-refractivity contribution in [1.29, 1.82) is 0 Å². The first-order valence-corrected chi connectivity index (χ1v) is 17.3. The Kier molecular flexibility index (Phi) is 5.72. The van der Waals surface area contributed by atoms with Crippen molar-refractivity contribution in [1.82, 2.24) is 4.57 Å². The molecule has 1 aliphatic heterocycles. The molecule has 10 aromatic rings. The molecule has 0 spiro atoms. The maximum Gasteiger partial charge on any atom is 0.160 e. The Morgan fingerprint density at radius 3 is 1.96 bits per heavy atom. The zero-order valence-corrected chi connectivity index (χ0v) is 27.5. The van der Waals surface area contributed by atoms with Crippen LogP contribution in [0.2, 0.25) is 5.02 Å². The van der Waals surface area contributed by atoms with Crippen LogP contribution in [0.4, 0.5) is 17.1 Å². The van der Waals surface area contributed by atoms with Gasteiger partial charge in [-0.15, -0.1) is 0 Å². The topological polar surface area (TPSA) is 21.3 Å². The van der Waals surface area contributed by atoms with Crippen molar-refractivity contribution in [3.8, 4) is 27.9 Å². The van der Waals surface area contributed by atoms with Gasteiger partial charge in [-0.1, -0.05) is 115 Å². The monoisotopic (exact) mass is 658 g/mol. The highest BCUT2D eigenvalue weighted by atomic mass is 35.5. The molecule has 0 fully saturated rings. The summed E-state index contributed by atoms with van der Waals surface area (Å²) in [4.78, 5) is 2.35. The first kappa shape index (κ1) is 27.6. The van der Waals surface area contributed by atoms with Gasteiger partial charge in [-0.25, -0.2) is 0 Å². The summed E-state index contributed by atoms with van der Waals surface area (Å²) in [5, 5.41) is 7.62. The lowest BCUT2D eigenvalue weighted by Crippen LogP contribution is -2.11. The van der Waals surface area contributed by atoms with Crippen LogP contribution in [-0.4, -0.2) is 4.57 Å². The summed E-state index contributed by atoms with van der Waals surface area (Å²) < 4.78 is 9.46. The third kappa shape index (κ3) is 3.81. The number of furan rings is 1.